The summed E-state index contributed by atoms with van der Waals surface area (Å²) in [5.41, 5.74) is 0. The molecule has 0 N–H and O–H groups in total. The molecule has 1 rings (SSSR count). The van der Waals surface area contributed by atoms with E-state index in [0.717, 1.165) is 6.54 Å². The van der Waals surface area contributed by atoms with Crippen molar-refractivity contribution < 1.29 is 0 Å². The van der Waals surface area contributed by atoms with E-state index in [0.29, 0.717) is 12.1 Å². The summed E-state index contributed by atoms with van der Waals surface area (Å²) in [7, 11) is 0. The molecule has 1 aliphatic rings. The van der Waals surface area contributed by atoms with E-state index in [1.54, 1.807) is 0 Å². The lowest BCUT2D eigenvalue weighted by Crippen LogP contribution is -2.39. The van der Waals surface area contributed by atoms with Crippen LogP contribution in [0.1, 0.15) is 46.5 Å². The Kier molecular flexibility index (Phi) is 5.71. The Morgan fingerprint density at radius 3 is 2.67 bits per heavy atom. The molecular formula is C11H22IN3. The highest BCUT2D eigenvalue weighted by Gasteiger charge is 2.28. The molecule has 0 aromatic heterocycles. The summed E-state index contributed by atoms with van der Waals surface area (Å²) in [4.78, 5) is 0. The first-order chi connectivity index (χ1) is 7.16. The van der Waals surface area contributed by atoms with Crippen LogP contribution in [0.15, 0.2) is 5.10 Å². The van der Waals surface area contributed by atoms with Crippen molar-refractivity contribution in [3.05, 3.63) is 0 Å². The Labute approximate surface area is 107 Å². The van der Waals surface area contributed by atoms with Crippen LogP contribution in [0, 0.1) is 5.92 Å². The van der Waals surface area contributed by atoms with Crippen molar-refractivity contribution in [2.45, 2.75) is 52.6 Å². The van der Waals surface area contributed by atoms with Gasteiger partial charge in [0, 0.05) is 6.54 Å². The standard InChI is InChI=1S/C11H22IN3/c1-4-5-6-7-8-15-11(10(2)3)14(12)9-13-15/h9-11H,4-8H2,1-3H3. The van der Waals surface area contributed by atoms with Gasteiger partial charge in [-0.05, 0) is 12.3 Å². The molecule has 1 unspecified atom stereocenters. The first kappa shape index (κ1) is 13.1. The summed E-state index contributed by atoms with van der Waals surface area (Å²) >= 11 is 2.34. The number of nitrogens with zero attached hydrogens (tertiary/aromatic N) is 3. The molecule has 0 aromatic carbocycles. The average molecular weight is 323 g/mol. The van der Waals surface area contributed by atoms with E-state index >= 15 is 0 Å². The molecule has 0 aliphatic carbocycles. The van der Waals surface area contributed by atoms with Gasteiger partial charge in [0.25, 0.3) is 0 Å². The molecule has 1 aliphatic heterocycles. The molecule has 0 bridgehead atoms. The van der Waals surface area contributed by atoms with Gasteiger partial charge in [0.05, 0.1) is 22.9 Å². The fourth-order valence-corrected chi connectivity index (χ4v) is 2.94. The minimum Gasteiger partial charge on any atom is -0.280 e. The van der Waals surface area contributed by atoms with Crippen LogP contribution in [0.3, 0.4) is 0 Å². The highest BCUT2D eigenvalue weighted by atomic mass is 127. The molecule has 1 atom stereocenters. The molecule has 88 valence electrons. The summed E-state index contributed by atoms with van der Waals surface area (Å²) < 4.78 is 2.18. The SMILES string of the molecule is CCCCCCN1N=CN(I)C1C(C)C. The minimum atomic E-state index is 0.451. The third kappa shape index (κ3) is 3.81. The second kappa shape index (κ2) is 6.55. The van der Waals surface area contributed by atoms with E-state index in [2.05, 4.69) is 56.9 Å². The molecule has 4 heteroatoms. The van der Waals surface area contributed by atoms with E-state index in [-0.39, 0.29) is 0 Å². The van der Waals surface area contributed by atoms with Crippen molar-refractivity contribution in [1.82, 2.24) is 8.12 Å². The van der Waals surface area contributed by atoms with E-state index in [9.17, 15) is 0 Å². The number of halogens is 1. The van der Waals surface area contributed by atoms with Crippen molar-refractivity contribution in [3.63, 3.8) is 0 Å². The second-order valence-corrected chi connectivity index (χ2v) is 5.57. The van der Waals surface area contributed by atoms with Gasteiger partial charge < -0.3 is 0 Å². The van der Waals surface area contributed by atoms with Crippen LogP contribution in [0.2, 0.25) is 0 Å². The Morgan fingerprint density at radius 2 is 2.07 bits per heavy atom. The van der Waals surface area contributed by atoms with Crippen LogP contribution in [0.4, 0.5) is 0 Å². The van der Waals surface area contributed by atoms with E-state index < -0.39 is 0 Å². The molecular weight excluding hydrogens is 301 g/mol. The van der Waals surface area contributed by atoms with Gasteiger partial charge in [-0.3, -0.25) is 8.12 Å². The van der Waals surface area contributed by atoms with E-state index in [4.69, 9.17) is 0 Å². The maximum absolute atomic E-state index is 4.44. The van der Waals surface area contributed by atoms with Gasteiger partial charge in [-0.2, -0.15) is 5.10 Å². The predicted octanol–water partition coefficient (Wildman–Crippen LogP) is 3.46. The normalized spacial score (nSPS) is 20.7. The number of hydrazone groups is 1. The van der Waals surface area contributed by atoms with Crippen LogP contribution in [-0.4, -0.2) is 27.2 Å². The monoisotopic (exact) mass is 323 g/mol. The number of hydrogen-bond donors (Lipinski definition) is 0. The molecule has 15 heavy (non-hydrogen) atoms. The molecule has 3 nitrogen and oxygen atoms in total. The molecule has 0 amide bonds. The van der Waals surface area contributed by atoms with Crippen molar-refractivity contribution in [3.8, 4) is 0 Å². The van der Waals surface area contributed by atoms with Gasteiger partial charge in [-0.25, -0.2) is 0 Å². The van der Waals surface area contributed by atoms with Gasteiger partial charge in [0.15, 0.2) is 0 Å². The van der Waals surface area contributed by atoms with Crippen molar-refractivity contribution >= 4 is 29.2 Å². The first-order valence-corrected chi connectivity index (χ1v) is 6.88. The zero-order valence-corrected chi connectivity index (χ0v) is 12.1. The van der Waals surface area contributed by atoms with Crippen LogP contribution >= 0.6 is 22.9 Å². The number of hydrogen-bond acceptors (Lipinski definition) is 3. The Hall–Kier alpha value is 0. The molecule has 0 spiro atoms. The maximum atomic E-state index is 4.44. The Balaban J connectivity index is 2.31. The highest BCUT2D eigenvalue weighted by molar-refractivity contribution is 14.1. The third-order valence-electron chi connectivity index (χ3n) is 2.71. The van der Waals surface area contributed by atoms with Gasteiger partial charge in [-0.1, -0.05) is 40.0 Å². The zero-order chi connectivity index (χ0) is 11.3. The summed E-state index contributed by atoms with van der Waals surface area (Å²) in [5.74, 6) is 0.621. The smallest absolute Gasteiger partial charge is 0.130 e. The van der Waals surface area contributed by atoms with Gasteiger partial charge in [0.2, 0.25) is 0 Å². The fraction of sp³-hybridized carbons (Fsp3) is 0.909. The molecule has 0 saturated heterocycles. The molecule has 0 aromatic rings. The summed E-state index contributed by atoms with van der Waals surface area (Å²) in [5, 5.41) is 6.67. The van der Waals surface area contributed by atoms with Crippen LogP contribution < -0.4 is 0 Å². The maximum Gasteiger partial charge on any atom is 0.130 e. The topological polar surface area (TPSA) is 18.8 Å². The van der Waals surface area contributed by atoms with Gasteiger partial charge >= 0.3 is 0 Å². The molecule has 0 saturated carbocycles. The fourth-order valence-electron chi connectivity index (χ4n) is 1.90. The van der Waals surface area contributed by atoms with Crippen LogP contribution in [0.5, 0.6) is 0 Å². The zero-order valence-electron chi connectivity index (χ0n) is 9.99. The van der Waals surface area contributed by atoms with E-state index in [1.165, 1.54) is 25.7 Å². The van der Waals surface area contributed by atoms with Gasteiger partial charge in [0.1, 0.15) is 12.5 Å². The van der Waals surface area contributed by atoms with Crippen LogP contribution in [0.25, 0.3) is 0 Å². The average Bonchev–Trinajstić information content (AvgIpc) is 2.54. The second-order valence-electron chi connectivity index (χ2n) is 4.46. The molecule has 0 fully saturated rings. The molecule has 0 radical (unpaired) electrons. The number of unbranched alkanes of at least 4 members (excludes halogenated alkanes) is 3. The summed E-state index contributed by atoms with van der Waals surface area (Å²) in [6.07, 6.45) is 7.62. The van der Waals surface area contributed by atoms with Crippen molar-refractivity contribution in [1.29, 1.82) is 0 Å². The lowest BCUT2D eigenvalue weighted by Gasteiger charge is -2.29. The Morgan fingerprint density at radius 1 is 1.33 bits per heavy atom. The largest absolute Gasteiger partial charge is 0.280 e. The Bertz CT molecular complexity index is 206. The van der Waals surface area contributed by atoms with Crippen molar-refractivity contribution in [2.75, 3.05) is 6.54 Å². The van der Waals surface area contributed by atoms with Crippen molar-refractivity contribution in [2.24, 2.45) is 11.0 Å². The minimum absolute atomic E-state index is 0.451. The summed E-state index contributed by atoms with van der Waals surface area (Å²) in [6.45, 7) is 7.85. The predicted molar refractivity (Wildman–Crippen MR) is 73.8 cm³/mol. The van der Waals surface area contributed by atoms with E-state index in [1.807, 2.05) is 6.34 Å². The van der Waals surface area contributed by atoms with Crippen LogP contribution in [-0.2, 0) is 0 Å². The summed E-state index contributed by atoms with van der Waals surface area (Å²) in [6, 6.07) is 0. The quantitative estimate of drug-likeness (QED) is 0.423. The third-order valence-corrected chi connectivity index (χ3v) is 3.53. The highest BCUT2D eigenvalue weighted by Crippen LogP contribution is 2.23. The first-order valence-electron chi connectivity index (χ1n) is 5.91. The van der Waals surface area contributed by atoms with Gasteiger partial charge in [-0.15, -0.1) is 0 Å². The number of rotatable bonds is 6. The lowest BCUT2D eigenvalue weighted by atomic mass is 10.1. The molecule has 1 heterocycles. The lowest BCUT2D eigenvalue weighted by molar-refractivity contribution is 0.138.